The van der Waals surface area contributed by atoms with Gasteiger partial charge in [-0.25, -0.2) is 0 Å². The maximum absolute atomic E-state index is 9.58. The summed E-state index contributed by atoms with van der Waals surface area (Å²) in [6, 6.07) is 5.32. The largest absolute Gasteiger partial charge is 0.394 e. The van der Waals surface area contributed by atoms with Crippen molar-refractivity contribution in [2.75, 3.05) is 32.8 Å². The molecule has 1 fully saturated rings. The number of hydrogen-bond acceptors (Lipinski definition) is 3. The Morgan fingerprint density at radius 2 is 1.94 bits per heavy atom. The van der Waals surface area contributed by atoms with Gasteiger partial charge in [0.2, 0.25) is 0 Å². The highest BCUT2D eigenvalue weighted by atomic mass is 35.5. The van der Waals surface area contributed by atoms with Crippen molar-refractivity contribution in [3.63, 3.8) is 0 Å². The van der Waals surface area contributed by atoms with E-state index in [1.807, 2.05) is 6.07 Å². The molecule has 0 amide bonds. The monoisotopic (exact) mass is 310 g/mol. The Morgan fingerprint density at radius 3 is 2.56 bits per heavy atom. The molecule has 0 bridgehead atoms. The second-order valence-electron chi connectivity index (χ2n) is 4.15. The van der Waals surface area contributed by atoms with Crippen molar-refractivity contribution in [2.24, 2.45) is 0 Å². The zero-order valence-electron chi connectivity index (χ0n) is 9.90. The van der Waals surface area contributed by atoms with Crippen LogP contribution in [0.3, 0.4) is 0 Å². The van der Waals surface area contributed by atoms with E-state index in [0.717, 1.165) is 31.7 Å². The standard InChI is InChI=1S/C12H16Cl2N2O.ClH/c13-9-1-2-11(14)10(7-9)12(8-17)16-5-3-15-4-6-16;/h1-2,7,12,15,17H,3-6,8H2;1H/t12-;/m1./s1. The minimum Gasteiger partial charge on any atom is -0.394 e. The highest BCUT2D eigenvalue weighted by Gasteiger charge is 2.23. The molecule has 0 aromatic heterocycles. The first-order valence-electron chi connectivity index (χ1n) is 5.73. The van der Waals surface area contributed by atoms with E-state index in [1.165, 1.54) is 0 Å². The van der Waals surface area contributed by atoms with E-state index in [9.17, 15) is 5.11 Å². The van der Waals surface area contributed by atoms with Crippen LogP contribution in [0.4, 0.5) is 0 Å². The predicted molar refractivity (Wildman–Crippen MR) is 78.0 cm³/mol. The van der Waals surface area contributed by atoms with E-state index < -0.39 is 0 Å². The first-order chi connectivity index (χ1) is 8.22. The van der Waals surface area contributed by atoms with Crippen LogP contribution in [0.15, 0.2) is 18.2 Å². The number of aliphatic hydroxyl groups excluding tert-OH is 1. The van der Waals surface area contributed by atoms with Gasteiger partial charge in [0.1, 0.15) is 0 Å². The average molecular weight is 312 g/mol. The molecule has 0 aliphatic carbocycles. The smallest absolute Gasteiger partial charge is 0.0629 e. The van der Waals surface area contributed by atoms with Gasteiger partial charge in [-0.3, -0.25) is 4.90 Å². The van der Waals surface area contributed by atoms with Crippen molar-refractivity contribution in [1.82, 2.24) is 10.2 Å². The van der Waals surface area contributed by atoms with E-state index in [-0.39, 0.29) is 25.1 Å². The van der Waals surface area contributed by atoms with Crippen molar-refractivity contribution < 1.29 is 5.11 Å². The van der Waals surface area contributed by atoms with Crippen LogP contribution in [0, 0.1) is 0 Å². The highest BCUT2D eigenvalue weighted by molar-refractivity contribution is 6.33. The van der Waals surface area contributed by atoms with Crippen molar-refractivity contribution in [2.45, 2.75) is 6.04 Å². The fourth-order valence-corrected chi connectivity index (χ4v) is 2.60. The molecule has 1 heterocycles. The topological polar surface area (TPSA) is 35.5 Å². The van der Waals surface area contributed by atoms with Crippen LogP contribution in [-0.2, 0) is 0 Å². The Kier molecular flexibility index (Phi) is 6.71. The molecule has 1 aromatic carbocycles. The second kappa shape index (κ2) is 7.53. The highest BCUT2D eigenvalue weighted by Crippen LogP contribution is 2.30. The molecule has 102 valence electrons. The number of nitrogens with zero attached hydrogens (tertiary/aromatic N) is 1. The number of hydrogen-bond donors (Lipinski definition) is 2. The SMILES string of the molecule is Cl.OC[C@H](c1cc(Cl)ccc1Cl)N1CCNCC1. The molecular formula is C12H17Cl3N2O. The van der Waals surface area contributed by atoms with Gasteiger partial charge in [-0.05, 0) is 23.8 Å². The van der Waals surface area contributed by atoms with Crippen molar-refractivity contribution in [3.05, 3.63) is 33.8 Å². The fraction of sp³-hybridized carbons (Fsp3) is 0.500. The first-order valence-corrected chi connectivity index (χ1v) is 6.48. The molecule has 3 nitrogen and oxygen atoms in total. The van der Waals surface area contributed by atoms with Gasteiger partial charge in [-0.1, -0.05) is 23.2 Å². The minimum atomic E-state index is -0.0664. The summed E-state index contributed by atoms with van der Waals surface area (Å²) in [5, 5.41) is 14.2. The van der Waals surface area contributed by atoms with Crippen LogP contribution in [-0.4, -0.2) is 42.8 Å². The van der Waals surface area contributed by atoms with Crippen molar-refractivity contribution in [3.8, 4) is 0 Å². The third-order valence-corrected chi connectivity index (χ3v) is 3.66. The molecular weight excluding hydrogens is 295 g/mol. The third kappa shape index (κ3) is 3.73. The van der Waals surface area contributed by atoms with Gasteiger partial charge in [-0.2, -0.15) is 0 Å². The third-order valence-electron chi connectivity index (χ3n) is 3.08. The number of rotatable bonds is 3. The summed E-state index contributed by atoms with van der Waals surface area (Å²) < 4.78 is 0. The van der Waals surface area contributed by atoms with Crippen molar-refractivity contribution in [1.29, 1.82) is 0 Å². The van der Waals surface area contributed by atoms with Crippen LogP contribution < -0.4 is 5.32 Å². The molecule has 1 aromatic rings. The van der Waals surface area contributed by atoms with E-state index in [0.29, 0.717) is 10.0 Å². The first kappa shape index (κ1) is 16.0. The Bertz CT molecular complexity index is 384. The van der Waals surface area contributed by atoms with Crippen molar-refractivity contribution >= 4 is 35.6 Å². The summed E-state index contributed by atoms with van der Waals surface area (Å²) in [6.07, 6.45) is 0. The zero-order valence-corrected chi connectivity index (χ0v) is 12.2. The van der Waals surface area contributed by atoms with Crippen LogP contribution in [0.5, 0.6) is 0 Å². The van der Waals surface area contributed by atoms with E-state index in [1.54, 1.807) is 12.1 Å². The van der Waals surface area contributed by atoms with Gasteiger partial charge < -0.3 is 10.4 Å². The molecule has 2 N–H and O–H groups in total. The molecule has 0 saturated carbocycles. The average Bonchev–Trinajstić information content (AvgIpc) is 2.36. The molecule has 1 saturated heterocycles. The summed E-state index contributed by atoms with van der Waals surface area (Å²) in [5.74, 6) is 0. The quantitative estimate of drug-likeness (QED) is 0.899. The van der Waals surface area contributed by atoms with Gasteiger partial charge >= 0.3 is 0 Å². The molecule has 0 unspecified atom stereocenters. The molecule has 0 radical (unpaired) electrons. The summed E-state index contributed by atoms with van der Waals surface area (Å²) >= 11 is 12.2. The lowest BCUT2D eigenvalue weighted by atomic mass is 10.1. The predicted octanol–water partition coefficient (Wildman–Crippen LogP) is 2.35. The van der Waals surface area contributed by atoms with Crippen LogP contribution in [0.25, 0.3) is 0 Å². The Labute approximate surface area is 123 Å². The lowest BCUT2D eigenvalue weighted by molar-refractivity contribution is 0.111. The minimum absolute atomic E-state index is 0. The van der Waals surface area contributed by atoms with Gasteiger partial charge in [0.25, 0.3) is 0 Å². The number of benzene rings is 1. The number of halogens is 3. The van der Waals surface area contributed by atoms with E-state index in [4.69, 9.17) is 23.2 Å². The van der Waals surface area contributed by atoms with Crippen LogP contribution in [0.2, 0.25) is 10.0 Å². The molecule has 2 rings (SSSR count). The summed E-state index contributed by atoms with van der Waals surface area (Å²) in [4.78, 5) is 2.23. The van der Waals surface area contributed by atoms with Gasteiger partial charge in [-0.15, -0.1) is 12.4 Å². The molecule has 1 atom stereocenters. The molecule has 0 spiro atoms. The molecule has 18 heavy (non-hydrogen) atoms. The van der Waals surface area contributed by atoms with Crippen LogP contribution in [0.1, 0.15) is 11.6 Å². The maximum Gasteiger partial charge on any atom is 0.0629 e. The lowest BCUT2D eigenvalue weighted by Crippen LogP contribution is -2.46. The fourth-order valence-electron chi connectivity index (χ4n) is 2.17. The molecule has 1 aliphatic heterocycles. The van der Waals surface area contributed by atoms with Gasteiger partial charge in [0.15, 0.2) is 0 Å². The van der Waals surface area contributed by atoms with Crippen LogP contribution >= 0.6 is 35.6 Å². The Morgan fingerprint density at radius 1 is 1.28 bits per heavy atom. The van der Waals surface area contributed by atoms with Gasteiger partial charge in [0.05, 0.1) is 12.6 Å². The summed E-state index contributed by atoms with van der Waals surface area (Å²) in [6.45, 7) is 3.76. The second-order valence-corrected chi connectivity index (χ2v) is 4.99. The molecule has 1 aliphatic rings. The normalized spacial score (nSPS) is 18.2. The number of aliphatic hydroxyl groups is 1. The number of nitrogens with one attached hydrogen (secondary N) is 1. The molecule has 6 heteroatoms. The Hall–Kier alpha value is -0.0300. The summed E-state index contributed by atoms with van der Waals surface area (Å²) in [7, 11) is 0. The summed E-state index contributed by atoms with van der Waals surface area (Å²) in [5.41, 5.74) is 0.906. The maximum atomic E-state index is 9.58. The lowest BCUT2D eigenvalue weighted by Gasteiger charge is -2.34. The van der Waals surface area contributed by atoms with E-state index in [2.05, 4.69) is 10.2 Å². The van der Waals surface area contributed by atoms with Gasteiger partial charge in [0, 0.05) is 36.2 Å². The number of piperazine rings is 1. The zero-order chi connectivity index (χ0) is 12.3. The Balaban J connectivity index is 0.00000162. The van der Waals surface area contributed by atoms with E-state index >= 15 is 0 Å².